The van der Waals surface area contributed by atoms with Gasteiger partial charge in [0.05, 0.1) is 17.5 Å². The quantitative estimate of drug-likeness (QED) is 0.764. The third-order valence-electron chi connectivity index (χ3n) is 6.84. The molecule has 2 bridgehead atoms. The molecule has 3 nitrogen and oxygen atoms in total. The van der Waals surface area contributed by atoms with Crippen LogP contribution < -0.4 is 4.90 Å². The maximum Gasteiger partial charge on any atom is 0.238 e. The Bertz CT molecular complexity index is 904. The van der Waals surface area contributed by atoms with Gasteiger partial charge in [-0.3, -0.25) is 9.59 Å². The normalized spacial score (nSPS) is 32.4. The maximum atomic E-state index is 13.3. The van der Waals surface area contributed by atoms with Crippen molar-refractivity contribution in [3.05, 3.63) is 65.2 Å². The summed E-state index contributed by atoms with van der Waals surface area (Å²) in [6, 6.07) is 16.5. The topological polar surface area (TPSA) is 37.4 Å². The number of fused-ring (bicyclic) bond motifs is 5. The predicted molar refractivity (Wildman–Crippen MR) is 101 cm³/mol. The summed E-state index contributed by atoms with van der Waals surface area (Å²) in [5.74, 6) is 0.895. The molecule has 3 fully saturated rings. The minimum Gasteiger partial charge on any atom is -0.274 e. The van der Waals surface area contributed by atoms with Crippen LogP contribution in [0.25, 0.3) is 0 Å². The summed E-state index contributed by atoms with van der Waals surface area (Å²) in [5.41, 5.74) is 4.24. The Kier molecular flexibility index (Phi) is 3.37. The first kappa shape index (κ1) is 15.8. The molecule has 1 heterocycles. The first-order valence-corrected chi connectivity index (χ1v) is 9.56. The number of anilines is 1. The van der Waals surface area contributed by atoms with Crippen LogP contribution in [0, 0.1) is 37.5 Å². The standard InChI is InChI=1S/C23H23NO2/c1-13-8-9-19(14(2)10-13)24-22(25)20-16-11-17(15-6-4-3-5-7-15)18(12-16)21(20)23(24)26/h3-10,16-18,20-21H,11-12H2,1-2H3/t16-,17+,18+,20+,21-/m0/s1. The molecule has 2 aliphatic carbocycles. The van der Waals surface area contributed by atoms with E-state index in [1.54, 1.807) is 0 Å². The van der Waals surface area contributed by atoms with Crippen molar-refractivity contribution >= 4 is 17.5 Å². The summed E-state index contributed by atoms with van der Waals surface area (Å²) >= 11 is 0. The number of imide groups is 1. The number of hydrogen-bond acceptors (Lipinski definition) is 2. The van der Waals surface area contributed by atoms with Crippen molar-refractivity contribution in [1.29, 1.82) is 0 Å². The summed E-state index contributed by atoms with van der Waals surface area (Å²) in [4.78, 5) is 28.0. The Balaban J connectivity index is 1.51. The summed E-state index contributed by atoms with van der Waals surface area (Å²) in [5, 5.41) is 0. The number of hydrogen-bond donors (Lipinski definition) is 0. The third-order valence-corrected chi connectivity index (χ3v) is 6.84. The van der Waals surface area contributed by atoms with Gasteiger partial charge in [-0.05, 0) is 61.6 Å². The highest BCUT2D eigenvalue weighted by atomic mass is 16.2. The fraction of sp³-hybridized carbons (Fsp3) is 0.391. The van der Waals surface area contributed by atoms with Crippen molar-refractivity contribution in [3.63, 3.8) is 0 Å². The third kappa shape index (κ3) is 2.06. The lowest BCUT2D eigenvalue weighted by molar-refractivity contribution is -0.123. The molecule has 132 valence electrons. The molecule has 3 heteroatoms. The van der Waals surface area contributed by atoms with E-state index in [-0.39, 0.29) is 23.7 Å². The molecule has 1 aliphatic heterocycles. The Hall–Kier alpha value is -2.42. The molecule has 0 unspecified atom stereocenters. The molecule has 0 N–H and O–H groups in total. The minimum absolute atomic E-state index is 0.0279. The van der Waals surface area contributed by atoms with E-state index in [1.165, 1.54) is 10.5 Å². The molecular formula is C23H23NO2. The van der Waals surface area contributed by atoms with Crippen LogP contribution in [0.4, 0.5) is 5.69 Å². The van der Waals surface area contributed by atoms with Gasteiger partial charge in [-0.1, -0.05) is 48.0 Å². The average Bonchev–Trinajstić information content (AvgIpc) is 3.29. The van der Waals surface area contributed by atoms with Gasteiger partial charge in [0.1, 0.15) is 0 Å². The molecule has 0 aromatic heterocycles. The Labute approximate surface area is 154 Å². The van der Waals surface area contributed by atoms with E-state index in [2.05, 4.69) is 24.3 Å². The second-order valence-electron chi connectivity index (χ2n) is 8.27. The first-order chi connectivity index (χ1) is 12.6. The van der Waals surface area contributed by atoms with E-state index in [0.717, 1.165) is 29.7 Å². The van der Waals surface area contributed by atoms with Gasteiger partial charge in [0.25, 0.3) is 0 Å². The van der Waals surface area contributed by atoms with Crippen molar-refractivity contribution in [2.24, 2.45) is 23.7 Å². The van der Waals surface area contributed by atoms with Crippen molar-refractivity contribution < 1.29 is 9.59 Å². The van der Waals surface area contributed by atoms with Crippen LogP contribution in [-0.4, -0.2) is 11.8 Å². The van der Waals surface area contributed by atoms with Crippen molar-refractivity contribution in [2.75, 3.05) is 4.90 Å². The maximum absolute atomic E-state index is 13.3. The average molecular weight is 345 g/mol. The van der Waals surface area contributed by atoms with E-state index < -0.39 is 0 Å². The molecule has 2 aromatic rings. The van der Waals surface area contributed by atoms with Crippen LogP contribution in [0.2, 0.25) is 0 Å². The fourth-order valence-corrected chi connectivity index (χ4v) is 5.84. The largest absolute Gasteiger partial charge is 0.274 e. The van der Waals surface area contributed by atoms with E-state index in [0.29, 0.717) is 17.8 Å². The van der Waals surface area contributed by atoms with Crippen LogP contribution in [0.3, 0.4) is 0 Å². The predicted octanol–water partition coefficient (Wildman–Crippen LogP) is 4.23. The van der Waals surface area contributed by atoms with Gasteiger partial charge >= 0.3 is 0 Å². The first-order valence-electron chi connectivity index (χ1n) is 9.56. The molecule has 0 spiro atoms. The van der Waals surface area contributed by atoms with Gasteiger partial charge in [-0.15, -0.1) is 0 Å². The van der Waals surface area contributed by atoms with E-state index in [4.69, 9.17) is 0 Å². The monoisotopic (exact) mass is 345 g/mol. The molecule has 26 heavy (non-hydrogen) atoms. The lowest BCUT2D eigenvalue weighted by Crippen LogP contribution is -2.33. The number of amides is 2. The molecule has 2 saturated carbocycles. The van der Waals surface area contributed by atoms with Gasteiger partial charge in [0.15, 0.2) is 0 Å². The minimum atomic E-state index is -0.132. The second kappa shape index (κ2) is 5.54. The Morgan fingerprint density at radius 3 is 2.35 bits per heavy atom. The summed E-state index contributed by atoms with van der Waals surface area (Å²) in [7, 11) is 0. The van der Waals surface area contributed by atoms with Crippen molar-refractivity contribution in [3.8, 4) is 0 Å². The van der Waals surface area contributed by atoms with Crippen LogP contribution in [0.1, 0.15) is 35.4 Å². The lowest BCUT2D eigenvalue weighted by atomic mass is 9.73. The zero-order chi connectivity index (χ0) is 18.0. The molecule has 3 aliphatic rings. The molecule has 2 aromatic carbocycles. The summed E-state index contributed by atoms with van der Waals surface area (Å²) in [6.45, 7) is 4.02. The molecular weight excluding hydrogens is 322 g/mol. The van der Waals surface area contributed by atoms with Crippen LogP contribution in [-0.2, 0) is 9.59 Å². The number of nitrogens with zero attached hydrogens (tertiary/aromatic N) is 1. The Morgan fingerprint density at radius 2 is 1.62 bits per heavy atom. The Morgan fingerprint density at radius 1 is 0.885 bits per heavy atom. The zero-order valence-corrected chi connectivity index (χ0v) is 15.2. The number of carbonyl (C=O) groups is 2. The van der Waals surface area contributed by atoms with E-state index in [9.17, 15) is 9.59 Å². The van der Waals surface area contributed by atoms with Crippen LogP contribution in [0.15, 0.2) is 48.5 Å². The van der Waals surface area contributed by atoms with Crippen molar-refractivity contribution in [2.45, 2.75) is 32.6 Å². The SMILES string of the molecule is Cc1ccc(N2C(=O)[C@@H]3[C@@H]4C[C@@H]([C@@H]3C2=O)[C@@H](c2ccccc2)C4)c(C)c1. The molecule has 1 saturated heterocycles. The van der Waals surface area contributed by atoms with Gasteiger partial charge in [0, 0.05) is 0 Å². The highest BCUT2D eigenvalue weighted by Crippen LogP contribution is 2.61. The van der Waals surface area contributed by atoms with Crippen LogP contribution in [0.5, 0.6) is 0 Å². The molecule has 5 rings (SSSR count). The molecule has 0 radical (unpaired) electrons. The zero-order valence-electron chi connectivity index (χ0n) is 15.2. The number of rotatable bonds is 2. The number of benzene rings is 2. The highest BCUT2D eigenvalue weighted by molar-refractivity contribution is 6.23. The van der Waals surface area contributed by atoms with Crippen molar-refractivity contribution in [1.82, 2.24) is 0 Å². The van der Waals surface area contributed by atoms with Crippen LogP contribution >= 0.6 is 0 Å². The van der Waals surface area contributed by atoms with E-state index in [1.807, 2.05) is 38.1 Å². The van der Waals surface area contributed by atoms with Gasteiger partial charge in [-0.2, -0.15) is 0 Å². The van der Waals surface area contributed by atoms with Gasteiger partial charge in [-0.25, -0.2) is 4.90 Å². The number of carbonyl (C=O) groups excluding carboxylic acids is 2. The lowest BCUT2D eigenvalue weighted by Gasteiger charge is -2.28. The number of aryl methyl sites for hydroxylation is 2. The summed E-state index contributed by atoms with van der Waals surface area (Å²) < 4.78 is 0. The summed E-state index contributed by atoms with van der Waals surface area (Å²) in [6.07, 6.45) is 2.06. The fourth-order valence-electron chi connectivity index (χ4n) is 5.84. The highest BCUT2D eigenvalue weighted by Gasteiger charge is 2.64. The second-order valence-corrected chi connectivity index (χ2v) is 8.27. The smallest absolute Gasteiger partial charge is 0.238 e. The van der Waals surface area contributed by atoms with Gasteiger partial charge < -0.3 is 0 Å². The van der Waals surface area contributed by atoms with Gasteiger partial charge in [0.2, 0.25) is 11.8 Å². The molecule has 2 amide bonds. The molecule has 5 atom stereocenters. The van der Waals surface area contributed by atoms with E-state index >= 15 is 0 Å².